The van der Waals surface area contributed by atoms with Gasteiger partial charge in [0.1, 0.15) is 5.75 Å². The number of carbonyl (C=O) groups excluding carboxylic acids is 1. The molecule has 22 heavy (non-hydrogen) atoms. The summed E-state index contributed by atoms with van der Waals surface area (Å²) in [6.07, 6.45) is 8.55. The first-order valence-corrected chi connectivity index (χ1v) is 8.36. The Kier molecular flexibility index (Phi) is 9.92. The van der Waals surface area contributed by atoms with Gasteiger partial charge < -0.3 is 15.2 Å². The van der Waals surface area contributed by atoms with E-state index in [0.717, 1.165) is 37.3 Å². The van der Waals surface area contributed by atoms with Crippen LogP contribution in [0, 0.1) is 0 Å². The van der Waals surface area contributed by atoms with Crippen molar-refractivity contribution in [3.63, 3.8) is 0 Å². The van der Waals surface area contributed by atoms with E-state index in [1.54, 1.807) is 0 Å². The van der Waals surface area contributed by atoms with Crippen molar-refractivity contribution in [2.45, 2.75) is 58.3 Å². The summed E-state index contributed by atoms with van der Waals surface area (Å²) in [6.45, 7) is 3.15. The zero-order valence-corrected chi connectivity index (χ0v) is 13.7. The molecule has 0 aliphatic rings. The Morgan fingerprint density at radius 1 is 0.909 bits per heavy atom. The topological polar surface area (TPSA) is 61.5 Å². The highest BCUT2D eigenvalue weighted by atomic mass is 16.5. The van der Waals surface area contributed by atoms with E-state index >= 15 is 0 Å². The molecule has 2 N–H and O–H groups in total. The molecule has 0 spiro atoms. The van der Waals surface area contributed by atoms with Gasteiger partial charge in [-0.1, -0.05) is 39.0 Å². The first-order valence-electron chi connectivity index (χ1n) is 8.36. The van der Waals surface area contributed by atoms with Crippen molar-refractivity contribution in [3.8, 4) is 5.75 Å². The van der Waals surface area contributed by atoms with Gasteiger partial charge in [0, 0.05) is 12.1 Å². The number of hydrogen-bond acceptors (Lipinski definition) is 4. The lowest BCUT2D eigenvalue weighted by Gasteiger charge is -2.06. The van der Waals surface area contributed by atoms with Crippen LogP contribution >= 0.6 is 0 Å². The fraction of sp³-hybridized carbons (Fsp3) is 0.611. The zero-order valence-electron chi connectivity index (χ0n) is 13.7. The number of unbranched alkanes of at least 4 members (excludes halogenated alkanes) is 6. The second kappa shape index (κ2) is 11.9. The standard InChI is InChI=1S/C18H29NO3/c1-2-18(20)22-15-9-7-5-3-4-6-8-14-21-17-12-10-16(19)11-13-17/h10-13H,2-9,14-15,19H2,1H3. The molecule has 0 aliphatic heterocycles. The Labute approximate surface area is 134 Å². The molecule has 0 radical (unpaired) electrons. The molecular weight excluding hydrogens is 278 g/mol. The van der Waals surface area contributed by atoms with Gasteiger partial charge in [-0.15, -0.1) is 0 Å². The number of ether oxygens (including phenoxy) is 2. The predicted molar refractivity (Wildman–Crippen MR) is 89.9 cm³/mol. The molecule has 1 aromatic carbocycles. The molecule has 0 fully saturated rings. The maximum atomic E-state index is 10.9. The van der Waals surface area contributed by atoms with Crippen molar-refractivity contribution in [1.82, 2.24) is 0 Å². The lowest BCUT2D eigenvalue weighted by molar-refractivity contribution is -0.143. The maximum absolute atomic E-state index is 10.9. The van der Waals surface area contributed by atoms with Crippen molar-refractivity contribution in [3.05, 3.63) is 24.3 Å². The van der Waals surface area contributed by atoms with Crippen LogP contribution in [0.15, 0.2) is 24.3 Å². The molecule has 0 aliphatic carbocycles. The predicted octanol–water partition coefficient (Wildman–Crippen LogP) is 4.33. The number of anilines is 1. The van der Waals surface area contributed by atoms with E-state index in [1.165, 1.54) is 25.7 Å². The molecule has 124 valence electrons. The molecule has 0 saturated carbocycles. The number of esters is 1. The Morgan fingerprint density at radius 3 is 2.05 bits per heavy atom. The monoisotopic (exact) mass is 307 g/mol. The van der Waals surface area contributed by atoms with Gasteiger partial charge in [0.25, 0.3) is 0 Å². The van der Waals surface area contributed by atoms with Crippen LogP contribution in [-0.2, 0) is 9.53 Å². The molecule has 4 nitrogen and oxygen atoms in total. The van der Waals surface area contributed by atoms with Gasteiger partial charge in [0.2, 0.25) is 0 Å². The summed E-state index contributed by atoms with van der Waals surface area (Å²) in [5.74, 6) is 0.789. The molecule has 0 heterocycles. The Hall–Kier alpha value is -1.71. The Morgan fingerprint density at radius 2 is 1.45 bits per heavy atom. The number of carbonyl (C=O) groups is 1. The van der Waals surface area contributed by atoms with E-state index < -0.39 is 0 Å². The second-order valence-corrected chi connectivity index (χ2v) is 5.47. The molecule has 0 unspecified atom stereocenters. The molecule has 0 amide bonds. The summed E-state index contributed by atoms with van der Waals surface area (Å²) < 4.78 is 10.7. The van der Waals surface area contributed by atoms with Crippen LogP contribution < -0.4 is 10.5 Å². The van der Waals surface area contributed by atoms with Crippen molar-refractivity contribution in [2.75, 3.05) is 18.9 Å². The van der Waals surface area contributed by atoms with Crippen molar-refractivity contribution < 1.29 is 14.3 Å². The van der Waals surface area contributed by atoms with E-state index in [2.05, 4.69) is 0 Å². The molecule has 4 heteroatoms. The van der Waals surface area contributed by atoms with E-state index in [1.807, 2.05) is 31.2 Å². The molecule has 0 atom stereocenters. The minimum Gasteiger partial charge on any atom is -0.494 e. The average molecular weight is 307 g/mol. The SMILES string of the molecule is CCC(=O)OCCCCCCCCCOc1ccc(N)cc1. The van der Waals surface area contributed by atoms with Crippen molar-refractivity contribution >= 4 is 11.7 Å². The average Bonchev–Trinajstić information content (AvgIpc) is 2.54. The summed E-state index contributed by atoms with van der Waals surface area (Å²) in [5.41, 5.74) is 6.38. The Bertz CT molecular complexity index is 403. The molecule has 0 saturated heterocycles. The number of hydrogen-bond donors (Lipinski definition) is 1. The zero-order chi connectivity index (χ0) is 16.0. The first kappa shape index (κ1) is 18.3. The quantitative estimate of drug-likeness (QED) is 0.354. The number of nitrogen functional groups attached to an aromatic ring is 1. The number of rotatable bonds is 12. The van der Waals surface area contributed by atoms with Crippen LogP contribution in [0.2, 0.25) is 0 Å². The fourth-order valence-corrected chi connectivity index (χ4v) is 2.13. The third-order valence-corrected chi connectivity index (χ3v) is 3.49. The van der Waals surface area contributed by atoms with E-state index in [4.69, 9.17) is 15.2 Å². The van der Waals surface area contributed by atoms with Gasteiger partial charge in [-0.25, -0.2) is 0 Å². The molecule has 1 rings (SSSR count). The van der Waals surface area contributed by atoms with Gasteiger partial charge in [-0.05, 0) is 37.1 Å². The first-order chi connectivity index (χ1) is 10.7. The summed E-state index contributed by atoms with van der Waals surface area (Å²) in [7, 11) is 0. The minimum atomic E-state index is -0.0962. The fourth-order valence-electron chi connectivity index (χ4n) is 2.13. The van der Waals surface area contributed by atoms with Crippen LogP contribution in [0.5, 0.6) is 5.75 Å². The van der Waals surface area contributed by atoms with Gasteiger partial charge in [-0.3, -0.25) is 4.79 Å². The van der Waals surface area contributed by atoms with Gasteiger partial charge >= 0.3 is 5.97 Å². The van der Waals surface area contributed by atoms with Gasteiger partial charge in [0.05, 0.1) is 13.2 Å². The highest BCUT2D eigenvalue weighted by Gasteiger charge is 1.98. The minimum absolute atomic E-state index is 0.0962. The van der Waals surface area contributed by atoms with Crippen LogP contribution in [0.4, 0.5) is 5.69 Å². The maximum Gasteiger partial charge on any atom is 0.305 e. The lowest BCUT2D eigenvalue weighted by Crippen LogP contribution is -2.03. The van der Waals surface area contributed by atoms with Gasteiger partial charge in [-0.2, -0.15) is 0 Å². The van der Waals surface area contributed by atoms with E-state index in [-0.39, 0.29) is 5.97 Å². The van der Waals surface area contributed by atoms with Crippen LogP contribution in [-0.4, -0.2) is 19.2 Å². The second-order valence-electron chi connectivity index (χ2n) is 5.47. The van der Waals surface area contributed by atoms with Crippen LogP contribution in [0.25, 0.3) is 0 Å². The van der Waals surface area contributed by atoms with Crippen molar-refractivity contribution in [1.29, 1.82) is 0 Å². The van der Waals surface area contributed by atoms with Crippen LogP contribution in [0.3, 0.4) is 0 Å². The normalized spacial score (nSPS) is 10.4. The highest BCUT2D eigenvalue weighted by molar-refractivity contribution is 5.68. The van der Waals surface area contributed by atoms with Crippen molar-refractivity contribution in [2.24, 2.45) is 0 Å². The molecule has 0 bridgehead atoms. The summed E-state index contributed by atoms with van der Waals surface area (Å²) in [5, 5.41) is 0. The van der Waals surface area contributed by atoms with E-state index in [9.17, 15) is 4.79 Å². The summed E-state index contributed by atoms with van der Waals surface area (Å²) in [6, 6.07) is 7.52. The molecular formula is C18H29NO3. The smallest absolute Gasteiger partial charge is 0.305 e. The van der Waals surface area contributed by atoms with E-state index in [0.29, 0.717) is 13.0 Å². The number of nitrogens with two attached hydrogens (primary N) is 1. The number of benzene rings is 1. The lowest BCUT2D eigenvalue weighted by atomic mass is 10.1. The highest BCUT2D eigenvalue weighted by Crippen LogP contribution is 2.14. The van der Waals surface area contributed by atoms with Crippen LogP contribution in [0.1, 0.15) is 58.3 Å². The largest absolute Gasteiger partial charge is 0.494 e. The summed E-state index contributed by atoms with van der Waals surface area (Å²) >= 11 is 0. The molecule has 0 aromatic heterocycles. The summed E-state index contributed by atoms with van der Waals surface area (Å²) in [4.78, 5) is 10.9. The van der Waals surface area contributed by atoms with Gasteiger partial charge in [0.15, 0.2) is 0 Å². The Balaban J connectivity index is 1.84. The molecule has 1 aromatic rings. The third-order valence-electron chi connectivity index (χ3n) is 3.49. The third kappa shape index (κ3) is 9.27.